The normalized spacial score (nSPS) is 16.7. The third-order valence-electron chi connectivity index (χ3n) is 5.11. The van der Waals surface area contributed by atoms with Gasteiger partial charge in [0.2, 0.25) is 17.5 Å². The van der Waals surface area contributed by atoms with Crippen LogP contribution in [-0.2, 0) is 6.54 Å². The van der Waals surface area contributed by atoms with Crippen molar-refractivity contribution < 1.29 is 18.7 Å². The zero-order valence-electron chi connectivity index (χ0n) is 16.8. The number of likely N-dealkylation sites (tertiary alicyclic amines) is 1. The summed E-state index contributed by atoms with van der Waals surface area (Å²) in [5, 5.41) is 4.11. The number of aromatic nitrogens is 3. The second-order valence-corrected chi connectivity index (χ2v) is 6.95. The van der Waals surface area contributed by atoms with Crippen molar-refractivity contribution in [2.24, 2.45) is 0 Å². The summed E-state index contributed by atoms with van der Waals surface area (Å²) < 4.78 is 21.8. The maximum absolute atomic E-state index is 5.53. The highest BCUT2D eigenvalue weighted by atomic mass is 16.5. The van der Waals surface area contributed by atoms with Crippen molar-refractivity contribution in [1.82, 2.24) is 20.0 Å². The lowest BCUT2D eigenvalue weighted by molar-refractivity contribution is 0.303. The van der Waals surface area contributed by atoms with Crippen molar-refractivity contribution in [3.05, 3.63) is 48.1 Å². The number of rotatable bonds is 7. The van der Waals surface area contributed by atoms with Crippen LogP contribution in [0.5, 0.6) is 17.2 Å². The van der Waals surface area contributed by atoms with E-state index in [0.717, 1.165) is 37.2 Å². The number of hydrogen-bond acceptors (Lipinski definition) is 8. The van der Waals surface area contributed by atoms with E-state index in [9.17, 15) is 0 Å². The average molecular weight is 396 g/mol. The Hall–Kier alpha value is -3.13. The zero-order valence-corrected chi connectivity index (χ0v) is 16.8. The van der Waals surface area contributed by atoms with E-state index in [-0.39, 0.29) is 5.92 Å². The number of ether oxygens (including phenoxy) is 3. The number of methoxy groups -OCH3 is 3. The van der Waals surface area contributed by atoms with E-state index in [1.165, 1.54) is 0 Å². The number of hydrogen-bond donors (Lipinski definition) is 0. The van der Waals surface area contributed by atoms with E-state index in [1.807, 2.05) is 24.3 Å². The highest BCUT2D eigenvalue weighted by Crippen LogP contribution is 2.39. The maximum atomic E-state index is 5.53. The molecule has 0 spiro atoms. The van der Waals surface area contributed by atoms with Crippen LogP contribution in [0.15, 0.2) is 41.2 Å². The van der Waals surface area contributed by atoms with Gasteiger partial charge in [0.1, 0.15) is 0 Å². The molecule has 3 heterocycles. The van der Waals surface area contributed by atoms with Gasteiger partial charge < -0.3 is 18.7 Å². The Kier molecular flexibility index (Phi) is 5.62. The zero-order chi connectivity index (χ0) is 20.2. The molecule has 8 heteroatoms. The second-order valence-electron chi connectivity index (χ2n) is 6.95. The van der Waals surface area contributed by atoms with Gasteiger partial charge in [0.25, 0.3) is 0 Å². The van der Waals surface area contributed by atoms with Crippen LogP contribution in [0.4, 0.5) is 0 Å². The fourth-order valence-electron chi connectivity index (χ4n) is 3.68. The molecule has 3 aromatic rings. The first-order chi connectivity index (χ1) is 14.2. The van der Waals surface area contributed by atoms with E-state index in [2.05, 4.69) is 20.0 Å². The van der Waals surface area contributed by atoms with E-state index in [4.69, 9.17) is 18.7 Å². The molecule has 0 aliphatic carbocycles. The van der Waals surface area contributed by atoms with E-state index in [1.54, 1.807) is 33.7 Å². The predicted octanol–water partition coefficient (Wildman–Crippen LogP) is 3.15. The quantitative estimate of drug-likeness (QED) is 0.602. The summed E-state index contributed by atoms with van der Waals surface area (Å²) in [7, 11) is 4.86. The smallest absolute Gasteiger partial charge is 0.231 e. The topological polar surface area (TPSA) is 82.7 Å². The largest absolute Gasteiger partial charge is 0.493 e. The fraction of sp³-hybridized carbons (Fsp3) is 0.381. The van der Waals surface area contributed by atoms with Gasteiger partial charge in [-0.2, -0.15) is 4.98 Å². The molecule has 0 amide bonds. The van der Waals surface area contributed by atoms with Gasteiger partial charge in [-0.1, -0.05) is 5.16 Å². The molecule has 29 heavy (non-hydrogen) atoms. The lowest BCUT2D eigenvalue weighted by Gasteiger charge is -2.18. The molecule has 1 aliphatic rings. The molecule has 1 aromatic carbocycles. The first-order valence-corrected chi connectivity index (χ1v) is 9.47. The molecular weight excluding hydrogens is 372 g/mol. The molecule has 1 atom stereocenters. The maximum Gasteiger partial charge on any atom is 0.231 e. The summed E-state index contributed by atoms with van der Waals surface area (Å²) in [6, 6.07) is 7.76. The number of pyridine rings is 1. The van der Waals surface area contributed by atoms with Crippen LogP contribution in [0.25, 0.3) is 11.4 Å². The SMILES string of the molecule is COc1cc(CN2CCC(c3nc(-c4cccnc4)no3)C2)cc(OC)c1OC. The molecule has 0 bridgehead atoms. The van der Waals surface area contributed by atoms with Crippen LogP contribution in [-0.4, -0.2) is 54.4 Å². The van der Waals surface area contributed by atoms with Gasteiger partial charge in [-0.05, 0) is 42.8 Å². The highest BCUT2D eigenvalue weighted by molar-refractivity contribution is 5.54. The van der Waals surface area contributed by atoms with Crippen LogP contribution >= 0.6 is 0 Å². The standard InChI is InChI=1S/C21H24N4O4/c1-26-17-9-14(10-18(27-2)19(17)28-3)12-25-8-6-16(13-25)21-23-20(24-29-21)15-5-4-7-22-11-15/h4-5,7,9-11,16H,6,8,12-13H2,1-3H3. The second kappa shape index (κ2) is 8.48. The molecule has 2 aromatic heterocycles. The Morgan fingerprint density at radius 1 is 1.14 bits per heavy atom. The van der Waals surface area contributed by atoms with E-state index >= 15 is 0 Å². The summed E-state index contributed by atoms with van der Waals surface area (Å²) in [6.45, 7) is 2.58. The Bertz CT molecular complexity index is 935. The number of benzene rings is 1. The third kappa shape index (κ3) is 4.02. The minimum atomic E-state index is 0.218. The van der Waals surface area contributed by atoms with Crippen LogP contribution in [0.3, 0.4) is 0 Å². The van der Waals surface area contributed by atoms with Crippen LogP contribution < -0.4 is 14.2 Å². The molecule has 0 N–H and O–H groups in total. The van der Waals surface area contributed by atoms with Gasteiger partial charge in [-0.25, -0.2) is 0 Å². The molecule has 8 nitrogen and oxygen atoms in total. The lowest BCUT2D eigenvalue weighted by Crippen LogP contribution is -2.20. The summed E-state index contributed by atoms with van der Waals surface area (Å²) in [5.74, 6) is 3.40. The molecule has 1 saturated heterocycles. The molecule has 0 saturated carbocycles. The average Bonchev–Trinajstić information content (AvgIpc) is 3.43. The van der Waals surface area contributed by atoms with Crippen molar-refractivity contribution in [2.75, 3.05) is 34.4 Å². The molecule has 4 rings (SSSR count). The van der Waals surface area contributed by atoms with Gasteiger partial charge in [0, 0.05) is 31.0 Å². The molecule has 1 unspecified atom stereocenters. The predicted molar refractivity (Wildman–Crippen MR) is 106 cm³/mol. The van der Waals surface area contributed by atoms with Gasteiger partial charge >= 0.3 is 0 Å². The molecular formula is C21H24N4O4. The molecule has 1 aliphatic heterocycles. The first kappa shape index (κ1) is 19.2. The molecule has 1 fully saturated rings. The molecule has 0 radical (unpaired) electrons. The Labute approximate surface area is 169 Å². The Morgan fingerprint density at radius 2 is 1.93 bits per heavy atom. The van der Waals surface area contributed by atoms with Gasteiger partial charge in [-0.15, -0.1) is 0 Å². The van der Waals surface area contributed by atoms with Crippen LogP contribution in [0.1, 0.15) is 23.8 Å². The summed E-state index contributed by atoms with van der Waals surface area (Å²) in [4.78, 5) is 11.0. The van der Waals surface area contributed by atoms with Gasteiger partial charge in [-0.3, -0.25) is 9.88 Å². The lowest BCUT2D eigenvalue weighted by atomic mass is 10.1. The fourth-order valence-corrected chi connectivity index (χ4v) is 3.68. The highest BCUT2D eigenvalue weighted by Gasteiger charge is 2.29. The van der Waals surface area contributed by atoms with Crippen molar-refractivity contribution >= 4 is 0 Å². The Balaban J connectivity index is 1.45. The van der Waals surface area contributed by atoms with Gasteiger partial charge in [0.15, 0.2) is 11.5 Å². The van der Waals surface area contributed by atoms with Crippen molar-refractivity contribution in [3.63, 3.8) is 0 Å². The monoisotopic (exact) mass is 396 g/mol. The minimum absolute atomic E-state index is 0.218. The number of nitrogens with zero attached hydrogens (tertiary/aromatic N) is 4. The van der Waals surface area contributed by atoms with Crippen molar-refractivity contribution in [3.8, 4) is 28.6 Å². The van der Waals surface area contributed by atoms with Crippen LogP contribution in [0, 0.1) is 0 Å². The van der Waals surface area contributed by atoms with Crippen molar-refractivity contribution in [2.45, 2.75) is 18.9 Å². The summed E-state index contributed by atoms with van der Waals surface area (Å²) >= 11 is 0. The minimum Gasteiger partial charge on any atom is -0.493 e. The third-order valence-corrected chi connectivity index (χ3v) is 5.11. The summed E-state index contributed by atoms with van der Waals surface area (Å²) in [6.07, 6.45) is 4.43. The van der Waals surface area contributed by atoms with E-state index in [0.29, 0.717) is 29.0 Å². The summed E-state index contributed by atoms with van der Waals surface area (Å²) in [5.41, 5.74) is 1.96. The van der Waals surface area contributed by atoms with Crippen LogP contribution in [0.2, 0.25) is 0 Å². The first-order valence-electron chi connectivity index (χ1n) is 9.47. The van der Waals surface area contributed by atoms with Crippen molar-refractivity contribution in [1.29, 1.82) is 0 Å². The molecule has 152 valence electrons. The van der Waals surface area contributed by atoms with Gasteiger partial charge in [0.05, 0.1) is 27.2 Å². The van der Waals surface area contributed by atoms with E-state index < -0.39 is 0 Å². The Morgan fingerprint density at radius 3 is 2.59 bits per heavy atom.